The molecule has 0 unspecified atom stereocenters. The molecule has 3 heteroatoms. The van der Waals surface area contributed by atoms with Crippen LogP contribution in [0.25, 0.3) is 0 Å². The fraction of sp³-hybridized carbons (Fsp3) is 0.500. The zero-order chi connectivity index (χ0) is 11.1. The normalized spacial score (nSPS) is 10.3. The van der Waals surface area contributed by atoms with E-state index in [-0.39, 0.29) is 0 Å². The summed E-state index contributed by atoms with van der Waals surface area (Å²) in [6.45, 7) is 4.26. The molecule has 84 valence electrons. The Morgan fingerprint density at radius 2 is 1.93 bits per heavy atom. The molecule has 0 saturated heterocycles. The summed E-state index contributed by atoms with van der Waals surface area (Å²) < 4.78 is 1.13. The number of unbranched alkanes of at least 4 members (excludes halogenated alkanes) is 1. The number of benzene rings is 1. The smallest absolute Gasteiger partial charge is 0.0381 e. The first-order valence-electron chi connectivity index (χ1n) is 5.38. The van der Waals surface area contributed by atoms with E-state index >= 15 is 0 Å². The standard InChI is InChI=1S/C12H19BrN2/c1-10-5-6-11(13)9-12(10)15-8-4-3-7-14-2/h5-6,9,14-15H,3-4,7-8H2,1-2H3. The zero-order valence-corrected chi connectivity index (χ0v) is 11.0. The van der Waals surface area contributed by atoms with Crippen LogP contribution in [0, 0.1) is 6.92 Å². The maximum Gasteiger partial charge on any atom is 0.0381 e. The van der Waals surface area contributed by atoms with Gasteiger partial charge in [0.15, 0.2) is 0 Å². The van der Waals surface area contributed by atoms with E-state index in [9.17, 15) is 0 Å². The second-order valence-corrected chi connectivity index (χ2v) is 4.61. The fourth-order valence-corrected chi connectivity index (χ4v) is 1.80. The molecule has 0 heterocycles. The molecule has 0 aromatic heterocycles. The Bertz CT molecular complexity index is 300. The quantitative estimate of drug-likeness (QED) is 0.776. The van der Waals surface area contributed by atoms with Gasteiger partial charge in [-0.2, -0.15) is 0 Å². The first-order chi connectivity index (χ1) is 7.24. The van der Waals surface area contributed by atoms with E-state index in [0.29, 0.717) is 0 Å². The van der Waals surface area contributed by atoms with E-state index < -0.39 is 0 Å². The van der Waals surface area contributed by atoms with Gasteiger partial charge in [-0.1, -0.05) is 22.0 Å². The molecule has 2 nitrogen and oxygen atoms in total. The van der Waals surface area contributed by atoms with Crippen LogP contribution in [-0.2, 0) is 0 Å². The highest BCUT2D eigenvalue weighted by atomic mass is 79.9. The Kier molecular flexibility index (Phi) is 5.73. The molecule has 0 aliphatic rings. The second-order valence-electron chi connectivity index (χ2n) is 3.70. The van der Waals surface area contributed by atoms with E-state index in [4.69, 9.17) is 0 Å². The van der Waals surface area contributed by atoms with Gasteiger partial charge in [0.1, 0.15) is 0 Å². The number of hydrogen-bond donors (Lipinski definition) is 2. The van der Waals surface area contributed by atoms with Crippen molar-refractivity contribution in [2.24, 2.45) is 0 Å². The van der Waals surface area contributed by atoms with Crippen molar-refractivity contribution in [3.05, 3.63) is 28.2 Å². The minimum absolute atomic E-state index is 1.04. The summed E-state index contributed by atoms with van der Waals surface area (Å²) >= 11 is 3.48. The van der Waals surface area contributed by atoms with Crippen molar-refractivity contribution >= 4 is 21.6 Å². The van der Waals surface area contributed by atoms with Crippen LogP contribution >= 0.6 is 15.9 Å². The topological polar surface area (TPSA) is 24.1 Å². The molecule has 1 aromatic carbocycles. The largest absolute Gasteiger partial charge is 0.385 e. The van der Waals surface area contributed by atoms with Crippen molar-refractivity contribution in [2.75, 3.05) is 25.5 Å². The van der Waals surface area contributed by atoms with Crippen molar-refractivity contribution in [1.82, 2.24) is 5.32 Å². The van der Waals surface area contributed by atoms with Gasteiger partial charge < -0.3 is 10.6 Å². The van der Waals surface area contributed by atoms with Crippen LogP contribution in [0.1, 0.15) is 18.4 Å². The molecular weight excluding hydrogens is 252 g/mol. The van der Waals surface area contributed by atoms with Crippen LogP contribution in [0.15, 0.2) is 22.7 Å². The van der Waals surface area contributed by atoms with Crippen molar-refractivity contribution in [3.63, 3.8) is 0 Å². The van der Waals surface area contributed by atoms with E-state index in [1.54, 1.807) is 0 Å². The SMILES string of the molecule is CNCCCCNc1cc(Br)ccc1C. The molecule has 0 amide bonds. The van der Waals surface area contributed by atoms with Gasteiger partial charge in [-0.3, -0.25) is 0 Å². The molecule has 2 N–H and O–H groups in total. The highest BCUT2D eigenvalue weighted by Gasteiger charge is 1.97. The van der Waals surface area contributed by atoms with E-state index in [0.717, 1.165) is 17.6 Å². The molecule has 0 atom stereocenters. The molecule has 0 fully saturated rings. The highest BCUT2D eigenvalue weighted by molar-refractivity contribution is 9.10. The predicted molar refractivity (Wildman–Crippen MR) is 70.5 cm³/mol. The monoisotopic (exact) mass is 270 g/mol. The van der Waals surface area contributed by atoms with Crippen molar-refractivity contribution in [1.29, 1.82) is 0 Å². The number of nitrogens with one attached hydrogen (secondary N) is 2. The fourth-order valence-electron chi connectivity index (χ4n) is 1.43. The van der Waals surface area contributed by atoms with Gasteiger partial charge in [0.25, 0.3) is 0 Å². The third-order valence-corrected chi connectivity index (χ3v) is 2.86. The molecule has 0 aliphatic carbocycles. The van der Waals surface area contributed by atoms with Crippen LogP contribution < -0.4 is 10.6 Å². The Balaban J connectivity index is 2.33. The second kappa shape index (κ2) is 6.85. The Morgan fingerprint density at radius 3 is 2.67 bits per heavy atom. The summed E-state index contributed by atoms with van der Waals surface area (Å²) in [7, 11) is 1.99. The number of aryl methyl sites for hydroxylation is 1. The first-order valence-corrected chi connectivity index (χ1v) is 6.18. The molecule has 0 aliphatic heterocycles. The van der Waals surface area contributed by atoms with Crippen molar-refractivity contribution in [3.8, 4) is 0 Å². The van der Waals surface area contributed by atoms with Gasteiger partial charge in [0.05, 0.1) is 0 Å². The lowest BCUT2D eigenvalue weighted by atomic mass is 10.2. The Hall–Kier alpha value is -0.540. The van der Waals surface area contributed by atoms with Crippen LogP contribution in [0.4, 0.5) is 5.69 Å². The van der Waals surface area contributed by atoms with E-state index in [1.807, 2.05) is 7.05 Å². The van der Waals surface area contributed by atoms with Crippen LogP contribution in [0.3, 0.4) is 0 Å². The summed E-state index contributed by atoms with van der Waals surface area (Å²) in [5.74, 6) is 0. The van der Waals surface area contributed by atoms with Crippen LogP contribution in [0.5, 0.6) is 0 Å². The third-order valence-electron chi connectivity index (χ3n) is 2.37. The van der Waals surface area contributed by atoms with Gasteiger partial charge in [0, 0.05) is 16.7 Å². The number of halogens is 1. The van der Waals surface area contributed by atoms with E-state index in [2.05, 4.69) is 51.7 Å². The summed E-state index contributed by atoms with van der Waals surface area (Å²) in [4.78, 5) is 0. The summed E-state index contributed by atoms with van der Waals surface area (Å²) in [6, 6.07) is 6.33. The van der Waals surface area contributed by atoms with Gasteiger partial charge in [0.2, 0.25) is 0 Å². The molecule has 15 heavy (non-hydrogen) atoms. The number of rotatable bonds is 6. The van der Waals surface area contributed by atoms with Crippen molar-refractivity contribution < 1.29 is 0 Å². The third kappa shape index (κ3) is 4.67. The van der Waals surface area contributed by atoms with Gasteiger partial charge in [-0.15, -0.1) is 0 Å². The molecule has 0 bridgehead atoms. The van der Waals surface area contributed by atoms with Crippen LogP contribution in [0.2, 0.25) is 0 Å². The number of hydrogen-bond acceptors (Lipinski definition) is 2. The van der Waals surface area contributed by atoms with Gasteiger partial charge in [-0.25, -0.2) is 0 Å². The minimum atomic E-state index is 1.04. The molecule has 1 aromatic rings. The summed E-state index contributed by atoms with van der Waals surface area (Å²) in [6.07, 6.45) is 2.42. The zero-order valence-electron chi connectivity index (χ0n) is 9.44. The van der Waals surface area contributed by atoms with Gasteiger partial charge in [-0.05, 0) is 51.1 Å². The maximum absolute atomic E-state index is 3.48. The average molecular weight is 271 g/mol. The molecular formula is C12H19BrN2. The summed E-state index contributed by atoms with van der Waals surface area (Å²) in [5.41, 5.74) is 2.53. The predicted octanol–water partition coefficient (Wildman–Crippen LogP) is 3.17. The van der Waals surface area contributed by atoms with Crippen molar-refractivity contribution in [2.45, 2.75) is 19.8 Å². The lowest BCUT2D eigenvalue weighted by molar-refractivity contribution is 0.694. The maximum atomic E-state index is 3.48. The summed E-state index contributed by atoms with van der Waals surface area (Å²) in [5, 5.41) is 6.61. The molecule has 0 saturated carbocycles. The molecule has 0 radical (unpaired) electrons. The van der Waals surface area contributed by atoms with Crippen LogP contribution in [-0.4, -0.2) is 20.1 Å². The van der Waals surface area contributed by atoms with Gasteiger partial charge >= 0.3 is 0 Å². The molecule has 0 spiro atoms. The Labute approximate surface area is 101 Å². The Morgan fingerprint density at radius 1 is 1.20 bits per heavy atom. The number of anilines is 1. The minimum Gasteiger partial charge on any atom is -0.385 e. The highest BCUT2D eigenvalue weighted by Crippen LogP contribution is 2.20. The average Bonchev–Trinajstić information content (AvgIpc) is 2.23. The van der Waals surface area contributed by atoms with E-state index in [1.165, 1.54) is 24.1 Å². The lowest BCUT2D eigenvalue weighted by Gasteiger charge is -2.09. The lowest BCUT2D eigenvalue weighted by Crippen LogP contribution is -2.10. The molecule has 1 rings (SSSR count). The first kappa shape index (κ1) is 12.5.